The van der Waals surface area contributed by atoms with Gasteiger partial charge in [0.25, 0.3) is 5.56 Å². The summed E-state index contributed by atoms with van der Waals surface area (Å²) in [5.74, 6) is 0.260. The van der Waals surface area contributed by atoms with Gasteiger partial charge in [-0.25, -0.2) is 4.52 Å². The standard InChI is InChI=1S/C20H21ClN4O2/c1-12-3-6-17-15(9-12)19-20(27)24(7-8-25(19)23-17)11-18(26)22-14-5-4-13(2)16(21)10-14/h4-5,7-8,10,12H,3,6,9,11H2,1-2H3,(H,22,26)/t12-/m1/s1. The fourth-order valence-corrected chi connectivity index (χ4v) is 3.78. The predicted octanol–water partition coefficient (Wildman–Crippen LogP) is 3.22. The Kier molecular flexibility index (Phi) is 4.52. The molecule has 140 valence electrons. The van der Waals surface area contributed by atoms with Crippen LogP contribution in [0.25, 0.3) is 5.52 Å². The average Bonchev–Trinajstić information content (AvgIpc) is 2.99. The van der Waals surface area contributed by atoms with Crippen LogP contribution in [0.2, 0.25) is 5.02 Å². The number of hydrogen-bond donors (Lipinski definition) is 1. The van der Waals surface area contributed by atoms with E-state index in [4.69, 9.17) is 11.6 Å². The van der Waals surface area contributed by atoms with Crippen LogP contribution in [0.5, 0.6) is 0 Å². The molecule has 6 nitrogen and oxygen atoms in total. The minimum absolute atomic E-state index is 0.0592. The first kappa shape index (κ1) is 17.8. The Morgan fingerprint density at radius 2 is 2.19 bits per heavy atom. The first-order valence-corrected chi connectivity index (χ1v) is 9.45. The number of benzene rings is 1. The maximum Gasteiger partial charge on any atom is 0.277 e. The average molecular weight is 385 g/mol. The molecule has 0 fully saturated rings. The van der Waals surface area contributed by atoms with E-state index in [0.717, 1.165) is 36.1 Å². The van der Waals surface area contributed by atoms with Crippen LogP contribution in [-0.2, 0) is 24.2 Å². The Morgan fingerprint density at radius 3 is 2.96 bits per heavy atom. The lowest BCUT2D eigenvalue weighted by Gasteiger charge is -2.16. The Labute approximate surface area is 161 Å². The Hall–Kier alpha value is -2.60. The molecule has 0 saturated carbocycles. The molecular formula is C20H21ClN4O2. The first-order chi connectivity index (χ1) is 12.9. The van der Waals surface area contributed by atoms with Gasteiger partial charge in [-0.3, -0.25) is 9.59 Å². The molecule has 1 N–H and O–H groups in total. The van der Waals surface area contributed by atoms with Gasteiger partial charge in [0, 0.05) is 28.7 Å². The van der Waals surface area contributed by atoms with Gasteiger partial charge in [0.15, 0.2) is 0 Å². The molecule has 1 aliphatic rings. The number of rotatable bonds is 3. The molecular weight excluding hydrogens is 364 g/mol. The van der Waals surface area contributed by atoms with Gasteiger partial charge in [-0.05, 0) is 49.8 Å². The third kappa shape index (κ3) is 3.37. The van der Waals surface area contributed by atoms with Crippen molar-refractivity contribution in [3.8, 4) is 0 Å². The highest BCUT2D eigenvalue weighted by Crippen LogP contribution is 2.26. The highest BCUT2D eigenvalue weighted by molar-refractivity contribution is 6.31. The van der Waals surface area contributed by atoms with E-state index >= 15 is 0 Å². The zero-order valence-electron chi connectivity index (χ0n) is 15.3. The Bertz CT molecular complexity index is 1100. The highest BCUT2D eigenvalue weighted by atomic mass is 35.5. The molecule has 0 bridgehead atoms. The fraction of sp³-hybridized carbons (Fsp3) is 0.350. The van der Waals surface area contributed by atoms with Gasteiger partial charge in [0.1, 0.15) is 12.1 Å². The number of nitrogens with one attached hydrogen (secondary N) is 1. The van der Waals surface area contributed by atoms with Crippen LogP contribution in [0, 0.1) is 12.8 Å². The summed E-state index contributed by atoms with van der Waals surface area (Å²) in [7, 11) is 0. The van der Waals surface area contributed by atoms with E-state index < -0.39 is 0 Å². The van der Waals surface area contributed by atoms with Crippen LogP contribution in [0.4, 0.5) is 5.69 Å². The summed E-state index contributed by atoms with van der Waals surface area (Å²) in [4.78, 5) is 25.4. The number of halogens is 1. The van der Waals surface area contributed by atoms with Gasteiger partial charge in [-0.1, -0.05) is 24.6 Å². The number of carbonyl (C=O) groups is 1. The summed E-state index contributed by atoms with van der Waals surface area (Å²) in [5, 5.41) is 7.92. The van der Waals surface area contributed by atoms with Crippen LogP contribution in [-0.4, -0.2) is 20.1 Å². The molecule has 1 amide bonds. The van der Waals surface area contributed by atoms with Crippen LogP contribution < -0.4 is 10.9 Å². The van der Waals surface area contributed by atoms with Crippen molar-refractivity contribution in [3.05, 3.63) is 62.8 Å². The van der Waals surface area contributed by atoms with Crippen molar-refractivity contribution in [2.75, 3.05) is 5.32 Å². The SMILES string of the molecule is Cc1ccc(NC(=O)Cn2ccn3nc4c(c3c2=O)C[C@H](C)CC4)cc1Cl. The molecule has 3 aromatic rings. The van der Waals surface area contributed by atoms with Crippen molar-refractivity contribution in [2.45, 2.75) is 39.7 Å². The summed E-state index contributed by atoms with van der Waals surface area (Å²) < 4.78 is 3.08. The molecule has 0 unspecified atom stereocenters. The minimum atomic E-state index is -0.275. The van der Waals surface area contributed by atoms with E-state index in [9.17, 15) is 9.59 Å². The van der Waals surface area contributed by atoms with Crippen LogP contribution in [0.3, 0.4) is 0 Å². The second-order valence-corrected chi connectivity index (χ2v) is 7.72. The summed E-state index contributed by atoms with van der Waals surface area (Å²) in [6.07, 6.45) is 6.19. The van der Waals surface area contributed by atoms with Crippen LogP contribution >= 0.6 is 11.6 Å². The molecule has 2 aromatic heterocycles. The van der Waals surface area contributed by atoms with Gasteiger partial charge < -0.3 is 9.88 Å². The van der Waals surface area contributed by atoms with E-state index in [0.29, 0.717) is 22.1 Å². The highest BCUT2D eigenvalue weighted by Gasteiger charge is 2.23. The van der Waals surface area contributed by atoms with Gasteiger partial charge in [-0.15, -0.1) is 0 Å². The quantitative estimate of drug-likeness (QED) is 0.753. The molecule has 27 heavy (non-hydrogen) atoms. The van der Waals surface area contributed by atoms with Gasteiger partial charge in [0.05, 0.1) is 5.69 Å². The number of nitrogens with zero attached hydrogens (tertiary/aromatic N) is 3. The maximum atomic E-state index is 13.0. The lowest BCUT2D eigenvalue weighted by Crippen LogP contribution is -2.28. The number of amides is 1. The van der Waals surface area contributed by atoms with Crippen LogP contribution in [0.15, 0.2) is 35.4 Å². The molecule has 1 aromatic carbocycles. The molecule has 7 heteroatoms. The number of fused-ring (bicyclic) bond motifs is 3. The second-order valence-electron chi connectivity index (χ2n) is 7.31. The Balaban J connectivity index is 1.61. The van der Waals surface area contributed by atoms with E-state index in [1.165, 1.54) is 4.57 Å². The van der Waals surface area contributed by atoms with Crippen molar-refractivity contribution in [1.29, 1.82) is 0 Å². The molecule has 0 radical (unpaired) electrons. The van der Waals surface area contributed by atoms with Crippen molar-refractivity contribution in [1.82, 2.24) is 14.2 Å². The monoisotopic (exact) mass is 384 g/mol. The number of hydrogen-bond acceptors (Lipinski definition) is 3. The van der Waals surface area contributed by atoms with Gasteiger partial charge >= 0.3 is 0 Å². The zero-order chi connectivity index (χ0) is 19.1. The molecule has 0 spiro atoms. The lowest BCUT2D eigenvalue weighted by atomic mass is 9.88. The maximum absolute atomic E-state index is 13.0. The topological polar surface area (TPSA) is 68.4 Å². The van der Waals surface area contributed by atoms with Crippen molar-refractivity contribution >= 4 is 28.7 Å². The molecule has 0 saturated heterocycles. The molecule has 2 heterocycles. The smallest absolute Gasteiger partial charge is 0.277 e. The van der Waals surface area contributed by atoms with Crippen LogP contribution in [0.1, 0.15) is 30.2 Å². The zero-order valence-corrected chi connectivity index (χ0v) is 16.1. The molecule has 1 atom stereocenters. The Morgan fingerprint density at radius 1 is 1.37 bits per heavy atom. The number of carbonyl (C=O) groups excluding carboxylic acids is 1. The predicted molar refractivity (Wildman–Crippen MR) is 105 cm³/mol. The van der Waals surface area contributed by atoms with Gasteiger partial charge in [-0.2, -0.15) is 5.10 Å². The van der Waals surface area contributed by atoms with E-state index in [-0.39, 0.29) is 18.0 Å². The number of aromatic nitrogens is 3. The van der Waals surface area contributed by atoms with Crippen molar-refractivity contribution < 1.29 is 4.79 Å². The molecule has 1 aliphatic carbocycles. The van der Waals surface area contributed by atoms with E-state index in [1.54, 1.807) is 29.0 Å². The number of anilines is 1. The molecule has 0 aliphatic heterocycles. The summed E-state index contributed by atoms with van der Waals surface area (Å²) >= 11 is 6.10. The van der Waals surface area contributed by atoms with Crippen molar-refractivity contribution in [2.24, 2.45) is 5.92 Å². The van der Waals surface area contributed by atoms with E-state index in [2.05, 4.69) is 17.3 Å². The van der Waals surface area contributed by atoms with Gasteiger partial charge in [0.2, 0.25) is 5.91 Å². The van der Waals surface area contributed by atoms with Crippen molar-refractivity contribution in [3.63, 3.8) is 0 Å². The largest absolute Gasteiger partial charge is 0.324 e. The minimum Gasteiger partial charge on any atom is -0.324 e. The third-order valence-corrected chi connectivity index (χ3v) is 5.55. The summed E-state index contributed by atoms with van der Waals surface area (Å²) in [6.45, 7) is 4.03. The normalized spacial score (nSPS) is 16.3. The summed E-state index contributed by atoms with van der Waals surface area (Å²) in [6, 6.07) is 5.34. The third-order valence-electron chi connectivity index (χ3n) is 5.14. The molecule has 4 rings (SSSR count). The second kappa shape index (κ2) is 6.85. The fourth-order valence-electron chi connectivity index (χ4n) is 3.60. The first-order valence-electron chi connectivity index (χ1n) is 9.08. The van der Waals surface area contributed by atoms with E-state index in [1.807, 2.05) is 13.0 Å². The summed E-state index contributed by atoms with van der Waals surface area (Å²) in [5.41, 5.74) is 3.99. The number of aryl methyl sites for hydroxylation is 2. The lowest BCUT2D eigenvalue weighted by molar-refractivity contribution is -0.116.